The molecule has 1 amide bonds. The number of nitrogens with two attached hydrogens (primary N) is 1. The Balaban J connectivity index is 1.86. The standard InChI is InChI=1S/C22H21N7O3/c1-13(2)11-24-22(30)18-19-21(27-17-9-4-3-8-16(17)26-19)28(20(18)23)25-12-14-6-5-7-15(10-14)29(31)32/h3-10,12-13H,11,23H2,1-2H3,(H,24,30)/b25-12+. The molecule has 0 aliphatic heterocycles. The quantitative estimate of drug-likeness (QED) is 0.272. The number of nitro groups is 1. The predicted molar refractivity (Wildman–Crippen MR) is 123 cm³/mol. The molecule has 0 aliphatic carbocycles. The van der Waals surface area contributed by atoms with E-state index in [1.165, 1.54) is 23.0 Å². The fraction of sp³-hybridized carbons (Fsp3) is 0.182. The zero-order valence-corrected chi connectivity index (χ0v) is 17.5. The van der Waals surface area contributed by atoms with Gasteiger partial charge in [-0.2, -0.15) is 9.78 Å². The maximum absolute atomic E-state index is 12.9. The third-order valence-electron chi connectivity index (χ3n) is 4.78. The van der Waals surface area contributed by atoms with E-state index in [4.69, 9.17) is 5.73 Å². The van der Waals surface area contributed by atoms with Crippen molar-refractivity contribution in [2.75, 3.05) is 12.3 Å². The average Bonchev–Trinajstić information content (AvgIpc) is 3.04. The number of rotatable bonds is 6. The van der Waals surface area contributed by atoms with Gasteiger partial charge < -0.3 is 11.1 Å². The largest absolute Gasteiger partial charge is 0.383 e. The topological polar surface area (TPSA) is 141 Å². The first-order chi connectivity index (χ1) is 15.3. The van der Waals surface area contributed by atoms with Crippen LogP contribution in [0.1, 0.15) is 29.8 Å². The molecule has 0 bridgehead atoms. The molecule has 4 aromatic rings. The van der Waals surface area contributed by atoms with Gasteiger partial charge in [0.05, 0.1) is 22.2 Å². The van der Waals surface area contributed by atoms with Gasteiger partial charge in [0.1, 0.15) is 16.9 Å². The number of nitro benzene ring substituents is 1. The van der Waals surface area contributed by atoms with Gasteiger partial charge >= 0.3 is 0 Å². The molecular formula is C22H21N7O3. The van der Waals surface area contributed by atoms with Crippen LogP contribution in [0.25, 0.3) is 22.2 Å². The number of carbonyl (C=O) groups excluding carboxylic acids is 1. The molecule has 0 unspecified atom stereocenters. The number of para-hydroxylation sites is 2. The van der Waals surface area contributed by atoms with E-state index in [9.17, 15) is 14.9 Å². The summed E-state index contributed by atoms with van der Waals surface area (Å²) in [6.45, 7) is 4.45. The molecule has 0 aliphatic rings. The van der Waals surface area contributed by atoms with E-state index in [0.29, 0.717) is 34.3 Å². The Hall–Kier alpha value is -4.34. The third kappa shape index (κ3) is 3.97. The highest BCUT2D eigenvalue weighted by molar-refractivity contribution is 6.10. The fourth-order valence-corrected chi connectivity index (χ4v) is 3.22. The molecule has 0 saturated carbocycles. The second-order valence-corrected chi connectivity index (χ2v) is 7.66. The number of amides is 1. The summed E-state index contributed by atoms with van der Waals surface area (Å²) >= 11 is 0. The van der Waals surface area contributed by atoms with E-state index >= 15 is 0 Å². The van der Waals surface area contributed by atoms with Gasteiger partial charge in [-0.15, -0.1) is 0 Å². The number of benzene rings is 2. The van der Waals surface area contributed by atoms with Gasteiger partial charge in [0.25, 0.3) is 11.6 Å². The van der Waals surface area contributed by atoms with Crippen molar-refractivity contribution in [2.24, 2.45) is 11.0 Å². The molecule has 0 radical (unpaired) electrons. The molecule has 0 spiro atoms. The zero-order valence-electron chi connectivity index (χ0n) is 17.5. The summed E-state index contributed by atoms with van der Waals surface area (Å²) in [5.41, 5.74) is 8.86. The number of aromatic nitrogens is 3. The van der Waals surface area contributed by atoms with Crippen LogP contribution in [0.4, 0.5) is 11.5 Å². The van der Waals surface area contributed by atoms with E-state index in [2.05, 4.69) is 20.4 Å². The van der Waals surface area contributed by atoms with Crippen LogP contribution in [0.2, 0.25) is 0 Å². The Bertz CT molecular complexity index is 1370. The minimum absolute atomic E-state index is 0.0566. The third-order valence-corrected chi connectivity index (χ3v) is 4.78. The minimum Gasteiger partial charge on any atom is -0.383 e. The molecule has 10 nitrogen and oxygen atoms in total. The average molecular weight is 431 g/mol. The van der Waals surface area contributed by atoms with Crippen LogP contribution in [0, 0.1) is 16.0 Å². The van der Waals surface area contributed by atoms with Gasteiger partial charge in [0.15, 0.2) is 5.65 Å². The number of non-ortho nitro benzene ring substituents is 1. The highest BCUT2D eigenvalue weighted by Crippen LogP contribution is 2.28. The first-order valence-electron chi connectivity index (χ1n) is 9.99. The summed E-state index contributed by atoms with van der Waals surface area (Å²) in [6.07, 6.45) is 1.43. The Morgan fingerprint density at radius 1 is 1.22 bits per heavy atom. The molecule has 0 atom stereocenters. The lowest BCUT2D eigenvalue weighted by atomic mass is 10.2. The maximum atomic E-state index is 12.9. The Kier molecular flexibility index (Phi) is 5.50. The number of nitrogen functional groups attached to an aromatic ring is 1. The van der Waals surface area contributed by atoms with E-state index < -0.39 is 4.92 Å². The van der Waals surface area contributed by atoms with Gasteiger partial charge in [0, 0.05) is 24.2 Å². The smallest absolute Gasteiger partial charge is 0.270 e. The van der Waals surface area contributed by atoms with Crippen molar-refractivity contribution in [3.63, 3.8) is 0 Å². The van der Waals surface area contributed by atoms with Crippen LogP contribution in [0.3, 0.4) is 0 Å². The lowest BCUT2D eigenvalue weighted by Crippen LogP contribution is -2.28. The van der Waals surface area contributed by atoms with Crippen molar-refractivity contribution < 1.29 is 9.72 Å². The van der Waals surface area contributed by atoms with E-state index in [1.807, 2.05) is 26.0 Å². The zero-order chi connectivity index (χ0) is 22.8. The van der Waals surface area contributed by atoms with Crippen LogP contribution >= 0.6 is 0 Å². The maximum Gasteiger partial charge on any atom is 0.270 e. The predicted octanol–water partition coefficient (Wildman–Crippen LogP) is 3.34. The van der Waals surface area contributed by atoms with E-state index in [1.54, 1.807) is 24.3 Å². The number of hydrogen-bond donors (Lipinski definition) is 2. The highest BCUT2D eigenvalue weighted by atomic mass is 16.6. The molecule has 32 heavy (non-hydrogen) atoms. The van der Waals surface area contributed by atoms with Crippen molar-refractivity contribution in [3.8, 4) is 0 Å². The molecule has 2 heterocycles. The number of fused-ring (bicyclic) bond motifs is 2. The number of carbonyl (C=O) groups is 1. The van der Waals surface area contributed by atoms with Crippen LogP contribution in [0.15, 0.2) is 53.6 Å². The first-order valence-corrected chi connectivity index (χ1v) is 9.99. The van der Waals surface area contributed by atoms with Crippen molar-refractivity contribution in [1.82, 2.24) is 20.0 Å². The molecule has 3 N–H and O–H groups in total. The number of nitrogens with one attached hydrogen (secondary N) is 1. The Morgan fingerprint density at radius 2 is 1.94 bits per heavy atom. The van der Waals surface area contributed by atoms with Gasteiger partial charge in [-0.05, 0) is 18.1 Å². The molecule has 2 aromatic heterocycles. The normalized spacial score (nSPS) is 11.6. The van der Waals surface area contributed by atoms with Crippen LogP contribution in [-0.2, 0) is 0 Å². The molecule has 10 heteroatoms. The van der Waals surface area contributed by atoms with Gasteiger partial charge in [0.2, 0.25) is 0 Å². The number of hydrogen-bond acceptors (Lipinski definition) is 7. The summed E-state index contributed by atoms with van der Waals surface area (Å²) < 4.78 is 1.33. The highest BCUT2D eigenvalue weighted by Gasteiger charge is 2.24. The van der Waals surface area contributed by atoms with Gasteiger partial charge in [-0.3, -0.25) is 14.9 Å². The van der Waals surface area contributed by atoms with Crippen molar-refractivity contribution in [3.05, 3.63) is 69.8 Å². The minimum atomic E-state index is -0.481. The molecule has 0 saturated heterocycles. The molecule has 4 rings (SSSR count). The van der Waals surface area contributed by atoms with Crippen LogP contribution < -0.4 is 11.1 Å². The lowest BCUT2D eigenvalue weighted by molar-refractivity contribution is -0.384. The van der Waals surface area contributed by atoms with Crippen molar-refractivity contribution in [1.29, 1.82) is 0 Å². The summed E-state index contributed by atoms with van der Waals surface area (Å²) in [5, 5.41) is 18.3. The summed E-state index contributed by atoms with van der Waals surface area (Å²) in [5.74, 6) is -0.0272. The first kappa shape index (κ1) is 20.9. The molecule has 0 fully saturated rings. The van der Waals surface area contributed by atoms with Crippen molar-refractivity contribution >= 4 is 45.8 Å². The molecule has 2 aromatic carbocycles. The summed E-state index contributed by atoms with van der Waals surface area (Å²) in [4.78, 5) is 32.7. The fourth-order valence-electron chi connectivity index (χ4n) is 3.22. The molecular weight excluding hydrogens is 410 g/mol. The Morgan fingerprint density at radius 3 is 2.62 bits per heavy atom. The van der Waals surface area contributed by atoms with Gasteiger partial charge in [-0.1, -0.05) is 38.1 Å². The van der Waals surface area contributed by atoms with Crippen LogP contribution in [-0.4, -0.2) is 38.2 Å². The van der Waals surface area contributed by atoms with Gasteiger partial charge in [-0.25, -0.2) is 9.97 Å². The monoisotopic (exact) mass is 431 g/mol. The summed E-state index contributed by atoms with van der Waals surface area (Å²) in [7, 11) is 0. The van der Waals surface area contributed by atoms with E-state index in [-0.39, 0.29) is 28.9 Å². The number of anilines is 1. The second-order valence-electron chi connectivity index (χ2n) is 7.66. The molecule has 162 valence electrons. The second kappa shape index (κ2) is 8.42. The summed E-state index contributed by atoms with van der Waals surface area (Å²) in [6, 6.07) is 13.3. The lowest BCUT2D eigenvalue weighted by Gasteiger charge is -2.07. The van der Waals surface area contributed by atoms with E-state index in [0.717, 1.165) is 0 Å². The SMILES string of the molecule is CC(C)CNC(=O)c1c(N)n(/N=C/c2cccc([N+](=O)[O-])c2)c2nc3ccccc3nc12. The Labute approximate surface area is 182 Å². The van der Waals surface area contributed by atoms with Crippen LogP contribution in [0.5, 0.6) is 0 Å². The number of nitrogens with zero attached hydrogens (tertiary/aromatic N) is 5. The van der Waals surface area contributed by atoms with Crippen molar-refractivity contribution in [2.45, 2.75) is 13.8 Å².